The molecule has 4 aromatic rings. The first kappa shape index (κ1) is 44.2. The van der Waals surface area contributed by atoms with Crippen molar-refractivity contribution in [2.45, 2.75) is 73.6 Å². The highest BCUT2D eigenvalue weighted by Crippen LogP contribution is 2.49. The molecule has 2 aliphatic carbocycles. The van der Waals surface area contributed by atoms with Crippen LogP contribution in [-0.4, -0.2) is 18.1 Å². The summed E-state index contributed by atoms with van der Waals surface area (Å²) in [6, 6.07) is 32.7. The fraction of sp³-hybridized carbons (Fsp3) is 0.241. The Morgan fingerprint density at radius 1 is 0.803 bits per heavy atom. The van der Waals surface area contributed by atoms with E-state index < -0.39 is 0 Å². The van der Waals surface area contributed by atoms with Gasteiger partial charge in [0, 0.05) is 41.2 Å². The average Bonchev–Trinajstić information content (AvgIpc) is 3.58. The van der Waals surface area contributed by atoms with E-state index >= 15 is 0 Å². The van der Waals surface area contributed by atoms with Gasteiger partial charge in [-0.05, 0) is 135 Å². The molecule has 0 fully saturated rings. The van der Waals surface area contributed by atoms with Crippen LogP contribution in [-0.2, 0) is 0 Å². The lowest BCUT2D eigenvalue weighted by Crippen LogP contribution is -2.20. The molecular formula is C58H63N3. The van der Waals surface area contributed by atoms with Crippen LogP contribution in [0.15, 0.2) is 210 Å². The van der Waals surface area contributed by atoms with E-state index in [0.717, 1.165) is 48.4 Å². The Bertz CT molecular complexity index is 2490. The number of nitrogens with zero attached hydrogens (tertiary/aromatic N) is 3. The minimum atomic E-state index is 0.231. The molecule has 1 heterocycles. The van der Waals surface area contributed by atoms with Gasteiger partial charge in [0.05, 0.1) is 0 Å². The summed E-state index contributed by atoms with van der Waals surface area (Å²) in [6.07, 6.45) is 29.0. The molecule has 310 valence electrons. The number of aliphatic imine (C=N–C) groups is 2. The van der Waals surface area contributed by atoms with Gasteiger partial charge in [0.25, 0.3) is 0 Å². The molecule has 3 nitrogen and oxygen atoms in total. The first-order chi connectivity index (χ1) is 29.5. The van der Waals surface area contributed by atoms with Gasteiger partial charge in [-0.15, -0.1) is 0 Å². The average molecular weight is 802 g/mol. The topological polar surface area (TPSA) is 28.0 Å². The Morgan fingerprint density at radius 3 is 2.28 bits per heavy atom. The highest BCUT2D eigenvalue weighted by molar-refractivity contribution is 6.12. The van der Waals surface area contributed by atoms with Crippen molar-refractivity contribution in [1.82, 2.24) is 0 Å². The van der Waals surface area contributed by atoms with Gasteiger partial charge in [-0.2, -0.15) is 0 Å². The quantitative estimate of drug-likeness (QED) is 0.0642. The highest BCUT2D eigenvalue weighted by atomic mass is 15.2. The summed E-state index contributed by atoms with van der Waals surface area (Å²) < 4.78 is 0. The Kier molecular flexibility index (Phi) is 15.4. The number of hydrogen-bond acceptors (Lipinski definition) is 2. The van der Waals surface area contributed by atoms with Crippen molar-refractivity contribution in [3.05, 3.63) is 222 Å². The minimum absolute atomic E-state index is 0.231. The minimum Gasteiger partial charge on any atom is -0.340 e. The van der Waals surface area contributed by atoms with Crippen LogP contribution >= 0.6 is 0 Å². The van der Waals surface area contributed by atoms with Gasteiger partial charge < -0.3 is 4.90 Å². The van der Waals surface area contributed by atoms with Crippen LogP contribution in [0.1, 0.15) is 75.1 Å². The standard InChI is InChI=1S/C51H55N3.C7H8/c1-9-10-11-19-36(3)40(7)52-51(53-41(8)42-29-27-35(2)28-30-42)39(6)21-16-17-33-54-48-26-15-14-24-46(48)47-34-43(31-32-49(47)54)45-25-18-22-38(5)50(45)44-23-13-12-20-37(44)4;1-7-5-3-2-4-6-7/h9-23,25-27,29,31-32,34-35,42,46H,3,8,24,28,30,33H2,1-2,4-7H3;2-6H,1H3/b10-9-,17-16-,19-11-,39-21+,52-40?,53-51?;. The summed E-state index contributed by atoms with van der Waals surface area (Å²) in [6.45, 7) is 24.2. The normalized spacial score (nSPS) is 18.9. The Hall–Kier alpha value is -6.32. The van der Waals surface area contributed by atoms with Crippen molar-refractivity contribution >= 4 is 17.2 Å². The van der Waals surface area contributed by atoms with E-state index in [1.54, 1.807) is 0 Å². The molecule has 0 aromatic heterocycles. The molecular weight excluding hydrogens is 739 g/mol. The van der Waals surface area contributed by atoms with E-state index in [2.05, 4.69) is 174 Å². The molecule has 61 heavy (non-hydrogen) atoms. The molecule has 3 unspecified atom stereocenters. The second-order valence-corrected chi connectivity index (χ2v) is 16.5. The lowest BCUT2D eigenvalue weighted by atomic mass is 9.86. The molecule has 0 radical (unpaired) electrons. The number of hydrogen-bond donors (Lipinski definition) is 0. The molecule has 7 rings (SSSR count). The van der Waals surface area contributed by atoms with Gasteiger partial charge in [0.2, 0.25) is 0 Å². The maximum Gasteiger partial charge on any atom is 0.155 e. The van der Waals surface area contributed by atoms with Crippen molar-refractivity contribution in [3.8, 4) is 22.3 Å². The van der Waals surface area contributed by atoms with Gasteiger partial charge in [0.1, 0.15) is 0 Å². The summed E-state index contributed by atoms with van der Waals surface area (Å²) in [5.74, 6) is 1.85. The summed E-state index contributed by atoms with van der Waals surface area (Å²) in [5, 5.41) is 0. The number of aryl methyl sites for hydroxylation is 3. The fourth-order valence-electron chi connectivity index (χ4n) is 8.17. The molecule has 0 spiro atoms. The van der Waals surface area contributed by atoms with Crippen molar-refractivity contribution in [3.63, 3.8) is 0 Å². The second kappa shape index (κ2) is 21.3. The van der Waals surface area contributed by atoms with Gasteiger partial charge in [-0.25, -0.2) is 9.98 Å². The molecule has 0 saturated carbocycles. The monoisotopic (exact) mass is 802 g/mol. The highest BCUT2D eigenvalue weighted by Gasteiger charge is 2.33. The van der Waals surface area contributed by atoms with E-state index in [4.69, 9.17) is 9.98 Å². The summed E-state index contributed by atoms with van der Waals surface area (Å²) in [5.41, 5.74) is 16.6. The van der Waals surface area contributed by atoms with Crippen LogP contribution < -0.4 is 4.90 Å². The zero-order valence-electron chi connectivity index (χ0n) is 37.4. The Balaban J connectivity index is 0.000000807. The van der Waals surface area contributed by atoms with Gasteiger partial charge >= 0.3 is 0 Å². The van der Waals surface area contributed by atoms with E-state index in [1.165, 1.54) is 55.9 Å². The lowest BCUT2D eigenvalue weighted by molar-refractivity contribution is 0.515. The SMILES string of the molecule is C=C(/C=C\C=C/C)C(C)=NC(=NC(=C)C1C=CC(C)CC1)/C(C)=C/C=C\CN1C2=CC=CCC2c2cc(-c3cccc(C)c3-c3ccccc3C)ccc21.Cc1ccccc1. The van der Waals surface area contributed by atoms with Gasteiger partial charge in [-0.1, -0.05) is 171 Å². The molecule has 3 atom stereocenters. The summed E-state index contributed by atoms with van der Waals surface area (Å²) in [4.78, 5) is 12.5. The van der Waals surface area contributed by atoms with Crippen molar-refractivity contribution in [2.75, 3.05) is 11.4 Å². The number of benzene rings is 4. The third-order valence-corrected chi connectivity index (χ3v) is 11.8. The maximum atomic E-state index is 5.03. The van der Waals surface area contributed by atoms with E-state index in [0.29, 0.717) is 17.7 Å². The van der Waals surface area contributed by atoms with Gasteiger partial charge in [0.15, 0.2) is 5.84 Å². The molecule has 0 amide bonds. The summed E-state index contributed by atoms with van der Waals surface area (Å²) in [7, 11) is 0. The number of fused-ring (bicyclic) bond motifs is 3. The molecule has 0 bridgehead atoms. The third kappa shape index (κ3) is 11.3. The molecule has 1 aliphatic heterocycles. The van der Waals surface area contributed by atoms with Crippen molar-refractivity contribution in [1.29, 1.82) is 0 Å². The first-order valence-electron chi connectivity index (χ1n) is 21.8. The predicted octanol–water partition coefficient (Wildman–Crippen LogP) is 15.5. The number of allylic oxidation sites excluding steroid dienone is 13. The van der Waals surface area contributed by atoms with Crippen LogP contribution in [0.4, 0.5) is 5.69 Å². The summed E-state index contributed by atoms with van der Waals surface area (Å²) >= 11 is 0. The molecule has 4 aromatic carbocycles. The molecule has 0 saturated heterocycles. The smallest absolute Gasteiger partial charge is 0.155 e. The Labute approximate surface area is 366 Å². The first-order valence-corrected chi connectivity index (χ1v) is 21.8. The fourth-order valence-corrected chi connectivity index (χ4v) is 8.17. The van der Waals surface area contributed by atoms with Crippen molar-refractivity contribution < 1.29 is 0 Å². The van der Waals surface area contributed by atoms with Crippen LogP contribution in [0.25, 0.3) is 22.3 Å². The van der Waals surface area contributed by atoms with Crippen LogP contribution in [0.2, 0.25) is 0 Å². The van der Waals surface area contributed by atoms with Crippen LogP contribution in [0.3, 0.4) is 0 Å². The Morgan fingerprint density at radius 2 is 1.56 bits per heavy atom. The van der Waals surface area contributed by atoms with E-state index in [9.17, 15) is 0 Å². The second-order valence-electron chi connectivity index (χ2n) is 16.5. The number of rotatable bonds is 11. The molecule has 0 N–H and O–H groups in total. The van der Waals surface area contributed by atoms with Crippen LogP contribution in [0.5, 0.6) is 0 Å². The van der Waals surface area contributed by atoms with Gasteiger partial charge in [-0.3, -0.25) is 0 Å². The van der Waals surface area contributed by atoms with Crippen LogP contribution in [0, 0.1) is 32.6 Å². The largest absolute Gasteiger partial charge is 0.340 e. The zero-order valence-corrected chi connectivity index (χ0v) is 37.4. The van der Waals surface area contributed by atoms with E-state index in [1.807, 2.05) is 56.4 Å². The van der Waals surface area contributed by atoms with Crippen molar-refractivity contribution in [2.24, 2.45) is 21.8 Å². The predicted molar refractivity (Wildman–Crippen MR) is 267 cm³/mol. The molecule has 3 heteroatoms. The maximum absolute atomic E-state index is 5.03. The lowest BCUT2D eigenvalue weighted by Gasteiger charge is -2.22. The zero-order chi connectivity index (χ0) is 43.3. The third-order valence-electron chi connectivity index (χ3n) is 11.8. The van der Waals surface area contributed by atoms with E-state index in [-0.39, 0.29) is 5.92 Å². The number of anilines is 1. The molecule has 3 aliphatic rings. The number of amidine groups is 1.